The van der Waals surface area contributed by atoms with E-state index in [1.807, 2.05) is 0 Å². The lowest BCUT2D eigenvalue weighted by atomic mass is 11.8. The minimum Gasteiger partial charge on any atom is -0.726 e. The van der Waals surface area contributed by atoms with E-state index < -0.39 is 41.6 Å². The van der Waals surface area contributed by atoms with E-state index in [0.29, 0.717) is 0 Å². The third-order valence-electron chi connectivity index (χ3n) is 0.816. The number of hydrogen-bond donors (Lipinski definition) is 4. The molecular weight excluding hydrogens is 488 g/mol. The van der Waals surface area contributed by atoms with Crippen LogP contribution in [0.15, 0.2) is 0 Å². The van der Waals surface area contributed by atoms with Crippen molar-refractivity contribution in [2.45, 2.75) is 0 Å². The van der Waals surface area contributed by atoms with Crippen LogP contribution < -0.4 is 24.6 Å². The van der Waals surface area contributed by atoms with Gasteiger partial charge in [-0.25, -0.2) is 33.7 Å². The number of quaternary nitrogens is 4. The highest BCUT2D eigenvalue weighted by Crippen LogP contribution is 1.75. The highest BCUT2D eigenvalue weighted by atomic mass is 32.3. The molecule has 0 atom stereocenters. The lowest BCUT2D eigenvalue weighted by Gasteiger charge is -1.98. The molecule has 0 aliphatic rings. The molecule has 0 spiro atoms. The van der Waals surface area contributed by atoms with Gasteiger partial charge in [-0.15, -0.1) is 0 Å². The number of rotatable bonds is 4. The molecule has 0 bridgehead atoms. The molecule has 16 N–H and O–H groups in total. The van der Waals surface area contributed by atoms with E-state index in [1.165, 1.54) is 0 Å². The van der Waals surface area contributed by atoms with E-state index in [4.69, 9.17) is 0 Å². The van der Waals surface area contributed by atoms with Crippen LogP contribution in [-0.4, -0.2) is 80.3 Å². The summed E-state index contributed by atoms with van der Waals surface area (Å²) in [6.07, 6.45) is 0. The molecule has 0 aromatic heterocycles. The van der Waals surface area contributed by atoms with Gasteiger partial charge < -0.3 is 42.8 Å². The van der Waals surface area contributed by atoms with Gasteiger partial charge in [0.1, 0.15) is 0 Å². The van der Waals surface area contributed by atoms with Crippen LogP contribution in [0.4, 0.5) is 0 Å². The fourth-order valence-electron chi connectivity index (χ4n) is 0. The van der Waals surface area contributed by atoms with Crippen LogP contribution in [0.5, 0.6) is 0 Å². The summed E-state index contributed by atoms with van der Waals surface area (Å²) >= 11 is 0. The maximum atomic E-state index is 9.22. The van der Waals surface area contributed by atoms with Crippen LogP contribution in [-0.2, 0) is 58.3 Å². The molecule has 0 heterocycles. The van der Waals surface area contributed by atoms with Gasteiger partial charge in [-0.2, -0.15) is 0 Å². The van der Waals surface area contributed by atoms with Gasteiger partial charge in [-0.1, -0.05) is 0 Å². The molecule has 0 aliphatic heterocycles. The van der Waals surface area contributed by atoms with Crippen LogP contribution in [0.25, 0.3) is 0 Å². The second kappa shape index (κ2) is 22.6. The van der Waals surface area contributed by atoms with Crippen LogP contribution in [0.1, 0.15) is 0 Å². The molecule has 28 heavy (non-hydrogen) atoms. The molecule has 0 saturated heterocycles. The zero-order valence-electron chi connectivity index (χ0n) is 16.2. The minimum absolute atomic E-state index is 0. The fraction of sp³-hybridized carbons (Fsp3) is 1.00. The van der Waals surface area contributed by atoms with Gasteiger partial charge in [0.2, 0.25) is 41.6 Å². The summed E-state index contributed by atoms with van der Waals surface area (Å²) in [7, 11) is -14.4. The van der Waals surface area contributed by atoms with Crippen molar-refractivity contribution in [3.63, 3.8) is 0 Å². The second-order valence-electron chi connectivity index (χ2n) is 2.30. The van der Waals surface area contributed by atoms with Crippen molar-refractivity contribution in [2.75, 3.05) is 28.4 Å². The van der Waals surface area contributed by atoms with Crippen LogP contribution in [0.3, 0.4) is 0 Å². The first-order valence-electron chi connectivity index (χ1n) is 4.30. The van der Waals surface area contributed by atoms with Crippen LogP contribution >= 0.6 is 0 Å². The Kier molecular flexibility index (Phi) is 40.9. The second-order valence-corrected chi connectivity index (χ2v) is 6.90. The molecule has 24 heteroatoms. The predicted octanol–water partition coefficient (Wildman–Crippen LogP) is -2.12. The Hall–Kier alpha value is -0.680. The molecule has 0 aliphatic carbocycles. The van der Waals surface area contributed by atoms with Gasteiger partial charge in [0.15, 0.2) is 0 Å². The van der Waals surface area contributed by atoms with Crippen molar-refractivity contribution in [1.82, 2.24) is 24.6 Å². The van der Waals surface area contributed by atoms with E-state index in [9.17, 15) is 51.9 Å². The zero-order valence-corrected chi connectivity index (χ0v) is 19.4. The van der Waals surface area contributed by atoms with E-state index >= 15 is 0 Å². The van der Waals surface area contributed by atoms with Gasteiger partial charge in [0, 0.05) is 0 Å². The molecule has 0 amide bonds. The standard InChI is InChI=1S/4CH4O4S.4H3N/c4*1-5-6(2,3)4;;;;/h4*1H3,(H,2,3,4);4*1H3. The Morgan fingerprint density at radius 3 is 0.429 bits per heavy atom. The molecule has 0 radical (unpaired) electrons. The number of hydrogen-bond acceptors (Lipinski definition) is 16. The maximum Gasteiger partial charge on any atom is 0.217 e. The third-order valence-corrected chi connectivity index (χ3v) is 2.45. The summed E-state index contributed by atoms with van der Waals surface area (Å²) in [6.45, 7) is 0. The highest BCUT2D eigenvalue weighted by Gasteiger charge is 1.80. The lowest BCUT2D eigenvalue weighted by molar-refractivity contribution is 0.312. The minimum atomic E-state index is -4.41. The summed E-state index contributed by atoms with van der Waals surface area (Å²) < 4.78 is 124. The molecule has 20 nitrogen and oxygen atoms in total. The van der Waals surface area contributed by atoms with Gasteiger partial charge in [-0.3, -0.25) is 16.7 Å². The first-order valence-corrected chi connectivity index (χ1v) is 9.63. The Bertz CT molecular complexity index is 583. The lowest BCUT2D eigenvalue weighted by Crippen LogP contribution is -1.97. The Balaban J connectivity index is -0.0000000303. The molecule has 0 saturated carbocycles. The van der Waals surface area contributed by atoms with E-state index in [2.05, 4.69) is 16.7 Å². The van der Waals surface area contributed by atoms with Crippen molar-refractivity contribution in [3.8, 4) is 0 Å². The van der Waals surface area contributed by atoms with Crippen LogP contribution in [0, 0.1) is 0 Å². The smallest absolute Gasteiger partial charge is 0.217 e. The Morgan fingerprint density at radius 1 is 0.393 bits per heavy atom. The summed E-state index contributed by atoms with van der Waals surface area (Å²) in [5.74, 6) is 0. The van der Waals surface area contributed by atoms with Gasteiger partial charge >= 0.3 is 0 Å². The van der Waals surface area contributed by atoms with Gasteiger partial charge in [-0.05, 0) is 0 Å². The largest absolute Gasteiger partial charge is 0.726 e. The first kappa shape index (κ1) is 50.7. The SMILES string of the molecule is COS(=O)(=O)[O-].COS(=O)(=O)[O-].COS(=O)(=O)[O-].COS(=O)(=O)[O-].[NH4+].[NH4+].[NH4+].[NH4+]. The van der Waals surface area contributed by atoms with Crippen molar-refractivity contribution >= 4 is 41.6 Å². The molecule has 0 aromatic carbocycles. The topological polar surface area (TPSA) is 412 Å². The predicted molar refractivity (Wildman–Crippen MR) is 90.8 cm³/mol. The Morgan fingerprint density at radius 2 is 0.429 bits per heavy atom. The molecular formula is C4H28N4O16S4. The average Bonchev–Trinajstić information content (AvgIpc) is 2.37. The van der Waals surface area contributed by atoms with Crippen molar-refractivity contribution in [2.24, 2.45) is 0 Å². The summed E-state index contributed by atoms with van der Waals surface area (Å²) in [5.41, 5.74) is 0. The monoisotopic (exact) mass is 516 g/mol. The summed E-state index contributed by atoms with van der Waals surface area (Å²) in [4.78, 5) is 0. The molecule has 0 fully saturated rings. The van der Waals surface area contributed by atoms with Crippen molar-refractivity contribution in [1.29, 1.82) is 0 Å². The zero-order chi connectivity index (χ0) is 20.8. The molecule has 0 rings (SSSR count). The van der Waals surface area contributed by atoms with E-state index in [1.54, 1.807) is 0 Å². The normalized spacial score (nSPS) is 10.0. The summed E-state index contributed by atoms with van der Waals surface area (Å²) in [6, 6.07) is 0. The molecule has 0 aromatic rings. The first-order chi connectivity index (χ1) is 10.2. The molecule has 184 valence electrons. The van der Waals surface area contributed by atoms with Gasteiger partial charge in [0.05, 0.1) is 28.4 Å². The van der Waals surface area contributed by atoms with E-state index in [0.717, 1.165) is 28.4 Å². The van der Waals surface area contributed by atoms with E-state index in [-0.39, 0.29) is 24.6 Å². The van der Waals surface area contributed by atoms with Crippen molar-refractivity contribution in [3.05, 3.63) is 0 Å². The van der Waals surface area contributed by atoms with Crippen molar-refractivity contribution < 1.29 is 68.6 Å². The Labute approximate surface area is 163 Å². The quantitative estimate of drug-likeness (QED) is 0.229. The third kappa shape index (κ3) is 117. The highest BCUT2D eigenvalue weighted by molar-refractivity contribution is 7.81. The van der Waals surface area contributed by atoms with Crippen LogP contribution in [0.2, 0.25) is 0 Å². The molecule has 0 unspecified atom stereocenters. The maximum absolute atomic E-state index is 9.22. The average molecular weight is 517 g/mol. The van der Waals surface area contributed by atoms with Gasteiger partial charge in [0.25, 0.3) is 0 Å². The summed E-state index contributed by atoms with van der Waals surface area (Å²) in [5, 5.41) is 0. The fourth-order valence-corrected chi connectivity index (χ4v) is 0.